The van der Waals surface area contributed by atoms with E-state index in [0.29, 0.717) is 22.3 Å². The lowest BCUT2D eigenvalue weighted by atomic mass is 10.2. The van der Waals surface area contributed by atoms with Gasteiger partial charge in [0, 0.05) is 18.0 Å². The number of anilines is 2. The van der Waals surface area contributed by atoms with E-state index in [-0.39, 0.29) is 11.7 Å². The molecule has 2 N–H and O–H groups in total. The highest BCUT2D eigenvalue weighted by atomic mass is 16.3. The molecule has 3 rings (SSSR count). The number of para-hydroxylation sites is 1. The van der Waals surface area contributed by atoms with Gasteiger partial charge in [0.25, 0.3) is 5.91 Å². The summed E-state index contributed by atoms with van der Waals surface area (Å²) in [5.41, 5.74) is 2.70. The molecule has 116 valence electrons. The van der Waals surface area contributed by atoms with Gasteiger partial charge in [-0.2, -0.15) is 0 Å². The van der Waals surface area contributed by atoms with Gasteiger partial charge in [-0.3, -0.25) is 9.59 Å². The van der Waals surface area contributed by atoms with Crippen molar-refractivity contribution in [2.75, 3.05) is 10.6 Å². The van der Waals surface area contributed by atoms with Gasteiger partial charge < -0.3 is 15.1 Å². The minimum Gasteiger partial charge on any atom is -0.449 e. The molecule has 0 saturated heterocycles. The molecule has 1 aromatic heterocycles. The Hall–Kier alpha value is -3.08. The maximum absolute atomic E-state index is 12.5. The summed E-state index contributed by atoms with van der Waals surface area (Å²) in [6, 6.07) is 14.6. The van der Waals surface area contributed by atoms with Gasteiger partial charge in [0.2, 0.25) is 11.7 Å². The fraction of sp³-hybridized carbons (Fsp3) is 0.111. The quantitative estimate of drug-likeness (QED) is 0.769. The van der Waals surface area contributed by atoms with Crippen LogP contribution < -0.4 is 10.6 Å². The number of furan rings is 1. The molecule has 0 aliphatic heterocycles. The van der Waals surface area contributed by atoms with E-state index in [4.69, 9.17) is 4.42 Å². The van der Waals surface area contributed by atoms with Crippen molar-refractivity contribution in [3.8, 4) is 0 Å². The van der Waals surface area contributed by atoms with E-state index in [1.807, 2.05) is 43.3 Å². The third-order valence-corrected chi connectivity index (χ3v) is 3.41. The lowest BCUT2D eigenvalue weighted by molar-refractivity contribution is -0.114. The van der Waals surface area contributed by atoms with Crippen LogP contribution in [0.25, 0.3) is 11.0 Å². The molecule has 23 heavy (non-hydrogen) atoms. The number of nitrogens with one attached hydrogen (secondary N) is 2. The fourth-order valence-electron chi connectivity index (χ4n) is 2.33. The van der Waals surface area contributed by atoms with Crippen molar-refractivity contribution < 1.29 is 14.0 Å². The Morgan fingerprint density at radius 2 is 1.65 bits per heavy atom. The van der Waals surface area contributed by atoms with Crippen LogP contribution in [-0.2, 0) is 4.79 Å². The van der Waals surface area contributed by atoms with Crippen LogP contribution in [0.15, 0.2) is 52.9 Å². The molecule has 5 heteroatoms. The zero-order valence-electron chi connectivity index (χ0n) is 12.8. The maximum atomic E-state index is 12.5. The Morgan fingerprint density at radius 3 is 2.35 bits per heavy atom. The molecule has 0 atom stereocenters. The topological polar surface area (TPSA) is 71.3 Å². The summed E-state index contributed by atoms with van der Waals surface area (Å²) < 4.78 is 5.63. The number of rotatable bonds is 3. The second kappa shape index (κ2) is 5.96. The molecular weight excluding hydrogens is 292 g/mol. The highest BCUT2D eigenvalue weighted by Crippen LogP contribution is 2.31. The predicted molar refractivity (Wildman–Crippen MR) is 89.6 cm³/mol. The minimum absolute atomic E-state index is 0.0852. The van der Waals surface area contributed by atoms with Crippen molar-refractivity contribution in [3.05, 3.63) is 59.9 Å². The van der Waals surface area contributed by atoms with Gasteiger partial charge in [-0.1, -0.05) is 29.8 Å². The zero-order valence-corrected chi connectivity index (χ0v) is 12.8. The van der Waals surface area contributed by atoms with Crippen LogP contribution in [0.5, 0.6) is 0 Å². The average molecular weight is 308 g/mol. The van der Waals surface area contributed by atoms with Crippen molar-refractivity contribution in [1.29, 1.82) is 0 Å². The second-order valence-corrected chi connectivity index (χ2v) is 5.30. The molecule has 0 unspecified atom stereocenters. The first-order valence-electron chi connectivity index (χ1n) is 7.22. The van der Waals surface area contributed by atoms with E-state index in [0.717, 1.165) is 5.56 Å². The standard InChI is InChI=1S/C18H16N2O3/c1-11-7-9-13(10-8-11)20-18(22)17-16(19-12(2)21)14-5-3-4-6-15(14)23-17/h3-10H,1-2H3,(H,19,21)(H,20,22). The Bertz CT molecular complexity index is 879. The van der Waals surface area contributed by atoms with E-state index in [2.05, 4.69) is 10.6 Å². The first-order valence-corrected chi connectivity index (χ1v) is 7.22. The van der Waals surface area contributed by atoms with Crippen LogP contribution in [0.1, 0.15) is 23.0 Å². The number of aryl methyl sites for hydroxylation is 1. The summed E-state index contributed by atoms with van der Waals surface area (Å²) >= 11 is 0. The Morgan fingerprint density at radius 1 is 0.957 bits per heavy atom. The Labute approximate surface area is 133 Å². The number of hydrogen-bond acceptors (Lipinski definition) is 3. The molecule has 1 heterocycles. The molecule has 0 bridgehead atoms. The largest absolute Gasteiger partial charge is 0.449 e. The Balaban J connectivity index is 1.98. The van der Waals surface area contributed by atoms with Gasteiger partial charge in [0.05, 0.1) is 0 Å². The van der Waals surface area contributed by atoms with E-state index >= 15 is 0 Å². The van der Waals surface area contributed by atoms with Crippen molar-refractivity contribution >= 4 is 34.2 Å². The molecule has 0 radical (unpaired) electrons. The second-order valence-electron chi connectivity index (χ2n) is 5.30. The van der Waals surface area contributed by atoms with Crippen molar-refractivity contribution in [2.24, 2.45) is 0 Å². The lowest BCUT2D eigenvalue weighted by Crippen LogP contribution is -2.15. The number of fused-ring (bicyclic) bond motifs is 1. The summed E-state index contributed by atoms with van der Waals surface area (Å²) in [4.78, 5) is 24.0. The normalized spacial score (nSPS) is 10.5. The van der Waals surface area contributed by atoms with Gasteiger partial charge in [0.15, 0.2) is 0 Å². The van der Waals surface area contributed by atoms with Gasteiger partial charge in [-0.15, -0.1) is 0 Å². The number of amides is 2. The number of carbonyl (C=O) groups is 2. The summed E-state index contributed by atoms with van der Waals surface area (Å²) in [5, 5.41) is 6.15. The van der Waals surface area contributed by atoms with Crippen LogP contribution >= 0.6 is 0 Å². The Kier molecular flexibility index (Phi) is 3.85. The van der Waals surface area contributed by atoms with Crippen LogP contribution in [0.3, 0.4) is 0 Å². The molecule has 2 amide bonds. The molecule has 5 nitrogen and oxygen atoms in total. The monoisotopic (exact) mass is 308 g/mol. The zero-order chi connectivity index (χ0) is 16.4. The smallest absolute Gasteiger partial charge is 0.293 e. The van der Waals surface area contributed by atoms with Crippen molar-refractivity contribution in [1.82, 2.24) is 0 Å². The third kappa shape index (κ3) is 3.08. The molecule has 0 aliphatic carbocycles. The molecule has 2 aromatic carbocycles. The molecule has 0 aliphatic rings. The van der Waals surface area contributed by atoms with Crippen LogP contribution in [0, 0.1) is 6.92 Å². The predicted octanol–water partition coefficient (Wildman–Crippen LogP) is 3.95. The van der Waals surface area contributed by atoms with Gasteiger partial charge >= 0.3 is 0 Å². The summed E-state index contributed by atoms with van der Waals surface area (Å²) in [6.45, 7) is 3.36. The van der Waals surface area contributed by atoms with Crippen LogP contribution in [-0.4, -0.2) is 11.8 Å². The third-order valence-electron chi connectivity index (χ3n) is 3.41. The van der Waals surface area contributed by atoms with Gasteiger partial charge in [-0.25, -0.2) is 0 Å². The van der Waals surface area contributed by atoms with Crippen LogP contribution in [0.4, 0.5) is 11.4 Å². The van der Waals surface area contributed by atoms with Crippen LogP contribution in [0.2, 0.25) is 0 Å². The molecular formula is C18H16N2O3. The van der Waals surface area contributed by atoms with E-state index in [1.54, 1.807) is 12.1 Å². The van der Waals surface area contributed by atoms with Crippen molar-refractivity contribution in [2.45, 2.75) is 13.8 Å². The lowest BCUT2D eigenvalue weighted by Gasteiger charge is -2.06. The van der Waals surface area contributed by atoms with Gasteiger partial charge in [-0.05, 0) is 31.2 Å². The molecule has 3 aromatic rings. The molecule has 0 saturated carbocycles. The fourth-order valence-corrected chi connectivity index (χ4v) is 2.33. The molecule has 0 spiro atoms. The first-order chi connectivity index (χ1) is 11.0. The van der Waals surface area contributed by atoms with E-state index < -0.39 is 5.91 Å². The number of carbonyl (C=O) groups excluding carboxylic acids is 2. The number of benzene rings is 2. The maximum Gasteiger partial charge on any atom is 0.293 e. The number of hydrogen-bond donors (Lipinski definition) is 2. The summed E-state index contributed by atoms with van der Waals surface area (Å²) in [5.74, 6) is -0.586. The summed E-state index contributed by atoms with van der Waals surface area (Å²) in [7, 11) is 0. The van der Waals surface area contributed by atoms with Gasteiger partial charge in [0.1, 0.15) is 11.3 Å². The van der Waals surface area contributed by atoms with E-state index in [1.165, 1.54) is 6.92 Å². The highest BCUT2D eigenvalue weighted by molar-refractivity contribution is 6.14. The highest BCUT2D eigenvalue weighted by Gasteiger charge is 2.21. The summed E-state index contributed by atoms with van der Waals surface area (Å²) in [6.07, 6.45) is 0. The average Bonchev–Trinajstić information content (AvgIpc) is 2.88. The first kappa shape index (κ1) is 14.8. The molecule has 0 fully saturated rings. The minimum atomic E-state index is -0.409. The van der Waals surface area contributed by atoms with Crippen molar-refractivity contribution in [3.63, 3.8) is 0 Å². The van der Waals surface area contributed by atoms with E-state index in [9.17, 15) is 9.59 Å². The SMILES string of the molecule is CC(=O)Nc1c(C(=O)Nc2ccc(C)cc2)oc2ccccc12.